The fourth-order valence-electron chi connectivity index (χ4n) is 2.20. The van der Waals surface area contributed by atoms with Crippen LogP contribution in [0, 0.1) is 6.92 Å². The van der Waals surface area contributed by atoms with Crippen molar-refractivity contribution in [3.05, 3.63) is 50.4 Å². The second-order valence-corrected chi connectivity index (χ2v) is 7.03. The third kappa shape index (κ3) is 4.45. The Labute approximate surface area is 155 Å². The SMILES string of the molecule is CSCC(CCO)Nc1cnn(-c2ccc(C)c(Cl)c2)c(=O)c1Cl. The molecular weight excluding hydrogens is 369 g/mol. The summed E-state index contributed by atoms with van der Waals surface area (Å²) in [4.78, 5) is 12.5. The molecule has 130 valence electrons. The zero-order valence-electron chi connectivity index (χ0n) is 13.4. The summed E-state index contributed by atoms with van der Waals surface area (Å²) in [6, 6.07) is 5.27. The van der Waals surface area contributed by atoms with Crippen molar-refractivity contribution in [1.82, 2.24) is 9.78 Å². The molecule has 1 aromatic heterocycles. The molecule has 0 aliphatic carbocycles. The minimum atomic E-state index is -0.423. The van der Waals surface area contributed by atoms with Crippen LogP contribution in [0.3, 0.4) is 0 Å². The lowest BCUT2D eigenvalue weighted by Crippen LogP contribution is -2.27. The van der Waals surface area contributed by atoms with Gasteiger partial charge in [0.15, 0.2) is 0 Å². The number of anilines is 1. The van der Waals surface area contributed by atoms with Crippen molar-refractivity contribution >= 4 is 40.7 Å². The lowest BCUT2D eigenvalue weighted by molar-refractivity contribution is 0.282. The zero-order chi connectivity index (χ0) is 17.7. The molecule has 0 spiro atoms. The third-order valence-electron chi connectivity index (χ3n) is 3.52. The summed E-state index contributed by atoms with van der Waals surface area (Å²) < 4.78 is 1.22. The number of nitrogens with one attached hydrogen (secondary N) is 1. The van der Waals surface area contributed by atoms with Gasteiger partial charge in [0.25, 0.3) is 5.56 Å². The first kappa shape index (κ1) is 19.1. The van der Waals surface area contributed by atoms with Crippen molar-refractivity contribution in [2.45, 2.75) is 19.4 Å². The molecule has 0 saturated carbocycles. The Hall–Kier alpha value is -1.21. The van der Waals surface area contributed by atoms with E-state index < -0.39 is 5.56 Å². The van der Waals surface area contributed by atoms with Gasteiger partial charge in [-0.3, -0.25) is 4.79 Å². The van der Waals surface area contributed by atoms with E-state index in [1.807, 2.05) is 19.2 Å². The molecule has 0 fully saturated rings. The largest absolute Gasteiger partial charge is 0.396 e. The summed E-state index contributed by atoms with van der Waals surface area (Å²) in [6.45, 7) is 1.94. The maximum absolute atomic E-state index is 12.5. The number of hydrogen-bond acceptors (Lipinski definition) is 5. The lowest BCUT2D eigenvalue weighted by Gasteiger charge is -2.19. The van der Waals surface area contributed by atoms with E-state index in [0.29, 0.717) is 22.8 Å². The fourth-order valence-corrected chi connectivity index (χ4v) is 3.22. The molecule has 0 saturated heterocycles. The van der Waals surface area contributed by atoms with E-state index in [1.165, 1.54) is 10.9 Å². The number of aryl methyl sites for hydroxylation is 1. The average molecular weight is 388 g/mol. The van der Waals surface area contributed by atoms with E-state index in [9.17, 15) is 4.79 Å². The monoisotopic (exact) mass is 387 g/mol. The number of nitrogens with zero attached hydrogens (tertiary/aromatic N) is 2. The highest BCUT2D eigenvalue weighted by Crippen LogP contribution is 2.21. The molecule has 1 heterocycles. The molecule has 8 heteroatoms. The molecule has 0 radical (unpaired) electrons. The number of aromatic nitrogens is 2. The highest BCUT2D eigenvalue weighted by Gasteiger charge is 2.15. The summed E-state index contributed by atoms with van der Waals surface area (Å²) >= 11 is 14.0. The van der Waals surface area contributed by atoms with Gasteiger partial charge < -0.3 is 10.4 Å². The Morgan fingerprint density at radius 3 is 2.79 bits per heavy atom. The Bertz CT molecular complexity index is 761. The van der Waals surface area contributed by atoms with Crippen LogP contribution in [0.4, 0.5) is 5.69 Å². The number of hydrogen-bond donors (Lipinski definition) is 2. The fraction of sp³-hybridized carbons (Fsp3) is 0.375. The highest BCUT2D eigenvalue weighted by molar-refractivity contribution is 7.98. The van der Waals surface area contributed by atoms with Crippen molar-refractivity contribution in [2.24, 2.45) is 0 Å². The number of halogens is 2. The van der Waals surface area contributed by atoms with E-state index in [0.717, 1.165) is 11.3 Å². The summed E-state index contributed by atoms with van der Waals surface area (Å²) in [5.41, 5.74) is 1.51. The minimum Gasteiger partial charge on any atom is -0.396 e. The van der Waals surface area contributed by atoms with Crippen molar-refractivity contribution in [3.63, 3.8) is 0 Å². The van der Waals surface area contributed by atoms with Crippen LogP contribution in [-0.2, 0) is 0 Å². The number of aliphatic hydroxyl groups is 1. The third-order valence-corrected chi connectivity index (χ3v) is 5.03. The topological polar surface area (TPSA) is 67.2 Å². The molecule has 0 bridgehead atoms. The van der Waals surface area contributed by atoms with E-state index in [4.69, 9.17) is 28.3 Å². The predicted molar refractivity (Wildman–Crippen MR) is 102 cm³/mol. The van der Waals surface area contributed by atoms with Gasteiger partial charge in [0.2, 0.25) is 0 Å². The van der Waals surface area contributed by atoms with Crippen LogP contribution in [0.5, 0.6) is 0 Å². The molecule has 0 amide bonds. The van der Waals surface area contributed by atoms with Crippen LogP contribution < -0.4 is 10.9 Å². The Balaban J connectivity index is 2.34. The average Bonchev–Trinajstić information content (AvgIpc) is 2.55. The van der Waals surface area contributed by atoms with Crippen LogP contribution in [-0.4, -0.2) is 39.5 Å². The highest BCUT2D eigenvalue weighted by atomic mass is 35.5. The summed E-state index contributed by atoms with van der Waals surface area (Å²) in [6.07, 6.45) is 4.06. The van der Waals surface area contributed by atoms with Gasteiger partial charge >= 0.3 is 0 Å². The number of aliphatic hydroxyl groups excluding tert-OH is 1. The molecule has 24 heavy (non-hydrogen) atoms. The number of rotatable bonds is 7. The maximum atomic E-state index is 12.5. The Kier molecular flexibility index (Phi) is 6.98. The first-order chi connectivity index (χ1) is 11.5. The molecule has 1 atom stereocenters. The second-order valence-electron chi connectivity index (χ2n) is 5.33. The van der Waals surface area contributed by atoms with Gasteiger partial charge in [0, 0.05) is 23.4 Å². The van der Waals surface area contributed by atoms with E-state index >= 15 is 0 Å². The maximum Gasteiger partial charge on any atom is 0.292 e. The van der Waals surface area contributed by atoms with Gasteiger partial charge in [0.1, 0.15) is 5.02 Å². The first-order valence-corrected chi connectivity index (χ1v) is 9.53. The smallest absolute Gasteiger partial charge is 0.292 e. The Morgan fingerprint density at radius 1 is 1.42 bits per heavy atom. The molecular formula is C16H19Cl2N3O2S. The molecule has 2 N–H and O–H groups in total. The van der Waals surface area contributed by atoms with Gasteiger partial charge in [0.05, 0.1) is 17.6 Å². The van der Waals surface area contributed by atoms with Crippen molar-refractivity contribution in [3.8, 4) is 5.69 Å². The van der Waals surface area contributed by atoms with Crippen LogP contribution in [0.2, 0.25) is 10.0 Å². The van der Waals surface area contributed by atoms with E-state index in [-0.39, 0.29) is 17.7 Å². The Morgan fingerprint density at radius 2 is 2.17 bits per heavy atom. The van der Waals surface area contributed by atoms with Gasteiger partial charge in [-0.05, 0) is 37.3 Å². The molecule has 0 aliphatic heterocycles. The summed E-state index contributed by atoms with van der Waals surface area (Å²) in [7, 11) is 0. The lowest BCUT2D eigenvalue weighted by atomic mass is 10.2. The summed E-state index contributed by atoms with van der Waals surface area (Å²) in [5.74, 6) is 0.785. The predicted octanol–water partition coefficient (Wildman–Crippen LogP) is 3.37. The molecule has 0 aliphatic rings. The standard InChI is InChI=1S/C16H19Cl2N3O2S/c1-10-3-4-12(7-13(10)17)21-16(23)15(18)14(8-19-21)20-11(5-6-22)9-24-2/h3-4,7-8,11,20,22H,5-6,9H2,1-2H3. The normalized spacial score (nSPS) is 12.2. The molecule has 2 rings (SSSR count). The first-order valence-electron chi connectivity index (χ1n) is 7.38. The van der Waals surface area contributed by atoms with E-state index in [2.05, 4.69) is 10.4 Å². The van der Waals surface area contributed by atoms with Gasteiger partial charge in [-0.15, -0.1) is 0 Å². The number of benzene rings is 1. The van der Waals surface area contributed by atoms with Crippen molar-refractivity contribution in [2.75, 3.05) is 23.9 Å². The van der Waals surface area contributed by atoms with Crippen LogP contribution in [0.15, 0.2) is 29.2 Å². The second kappa shape index (κ2) is 8.76. The van der Waals surface area contributed by atoms with Crippen LogP contribution in [0.25, 0.3) is 5.69 Å². The zero-order valence-corrected chi connectivity index (χ0v) is 15.8. The molecule has 2 aromatic rings. The van der Waals surface area contributed by atoms with Gasteiger partial charge in [-0.25, -0.2) is 0 Å². The molecule has 1 aromatic carbocycles. The summed E-state index contributed by atoms with van der Waals surface area (Å²) in [5, 5.41) is 17.1. The quantitative estimate of drug-likeness (QED) is 0.761. The number of thioether (sulfide) groups is 1. The van der Waals surface area contributed by atoms with Gasteiger partial charge in [-0.1, -0.05) is 29.3 Å². The van der Waals surface area contributed by atoms with Crippen molar-refractivity contribution < 1.29 is 5.11 Å². The van der Waals surface area contributed by atoms with Crippen LogP contribution >= 0.6 is 35.0 Å². The van der Waals surface area contributed by atoms with E-state index in [1.54, 1.807) is 23.9 Å². The molecule has 1 unspecified atom stereocenters. The van der Waals surface area contributed by atoms with Crippen molar-refractivity contribution in [1.29, 1.82) is 0 Å². The van der Waals surface area contributed by atoms with Crippen LogP contribution in [0.1, 0.15) is 12.0 Å². The van der Waals surface area contributed by atoms with Gasteiger partial charge in [-0.2, -0.15) is 21.5 Å². The minimum absolute atomic E-state index is 0.00775. The molecule has 5 nitrogen and oxygen atoms in total.